The molecular formula is C22H17FN2OS. The molecule has 0 bridgehead atoms. The van der Waals surface area contributed by atoms with Gasteiger partial charge in [0.15, 0.2) is 5.13 Å². The van der Waals surface area contributed by atoms with Crippen LogP contribution < -0.4 is 4.90 Å². The third kappa shape index (κ3) is 3.59. The van der Waals surface area contributed by atoms with Crippen LogP contribution >= 0.6 is 11.3 Å². The van der Waals surface area contributed by atoms with Gasteiger partial charge in [0.2, 0.25) is 0 Å². The lowest BCUT2D eigenvalue weighted by Gasteiger charge is -2.20. The second kappa shape index (κ2) is 7.29. The SMILES string of the molecule is Cc1cccc2sc(N(Cc3ccccc3)C(=O)c3ccc(F)cc3)nc12. The van der Waals surface area contributed by atoms with Crippen molar-refractivity contribution in [2.75, 3.05) is 4.90 Å². The summed E-state index contributed by atoms with van der Waals surface area (Å²) in [6.07, 6.45) is 0. The lowest BCUT2D eigenvalue weighted by molar-refractivity contribution is 0.0985. The number of thiazole rings is 1. The Morgan fingerprint density at radius 3 is 2.44 bits per heavy atom. The Balaban J connectivity index is 1.78. The summed E-state index contributed by atoms with van der Waals surface area (Å²) in [7, 11) is 0. The van der Waals surface area contributed by atoms with Crippen molar-refractivity contribution in [2.24, 2.45) is 0 Å². The van der Waals surface area contributed by atoms with Crippen LogP contribution in [0.4, 0.5) is 9.52 Å². The van der Waals surface area contributed by atoms with Gasteiger partial charge < -0.3 is 0 Å². The van der Waals surface area contributed by atoms with E-state index < -0.39 is 0 Å². The van der Waals surface area contributed by atoms with Gasteiger partial charge in [-0.25, -0.2) is 9.37 Å². The molecule has 0 aliphatic heterocycles. The molecule has 0 fully saturated rings. The lowest BCUT2D eigenvalue weighted by Crippen LogP contribution is -2.30. The molecule has 134 valence electrons. The predicted molar refractivity (Wildman–Crippen MR) is 108 cm³/mol. The normalized spacial score (nSPS) is 10.9. The number of aryl methyl sites for hydroxylation is 1. The Hall–Kier alpha value is -3.05. The van der Waals surface area contributed by atoms with E-state index in [1.807, 2.05) is 55.5 Å². The van der Waals surface area contributed by atoms with E-state index >= 15 is 0 Å². The van der Waals surface area contributed by atoms with E-state index in [4.69, 9.17) is 4.98 Å². The molecule has 1 aromatic heterocycles. The highest BCUT2D eigenvalue weighted by atomic mass is 32.1. The number of carbonyl (C=O) groups is 1. The zero-order chi connectivity index (χ0) is 18.8. The van der Waals surface area contributed by atoms with Gasteiger partial charge in [-0.2, -0.15) is 0 Å². The first-order chi connectivity index (χ1) is 13.1. The van der Waals surface area contributed by atoms with Gasteiger partial charge in [0.05, 0.1) is 16.8 Å². The van der Waals surface area contributed by atoms with Crippen LogP contribution in [0.3, 0.4) is 0 Å². The Bertz CT molecular complexity index is 1090. The Morgan fingerprint density at radius 1 is 1.00 bits per heavy atom. The number of hydrogen-bond acceptors (Lipinski definition) is 3. The maximum absolute atomic E-state index is 13.3. The van der Waals surface area contributed by atoms with Crippen LogP contribution in [0.2, 0.25) is 0 Å². The smallest absolute Gasteiger partial charge is 0.260 e. The molecule has 0 aliphatic carbocycles. The third-order valence-corrected chi connectivity index (χ3v) is 5.40. The number of amides is 1. The monoisotopic (exact) mass is 376 g/mol. The molecule has 4 aromatic rings. The molecule has 0 spiro atoms. The highest BCUT2D eigenvalue weighted by Crippen LogP contribution is 2.32. The van der Waals surface area contributed by atoms with Gasteiger partial charge in [0.25, 0.3) is 5.91 Å². The minimum atomic E-state index is -0.364. The van der Waals surface area contributed by atoms with Crippen LogP contribution in [0.5, 0.6) is 0 Å². The molecular weight excluding hydrogens is 359 g/mol. The molecule has 0 saturated carbocycles. The van der Waals surface area contributed by atoms with Crippen LogP contribution in [0.25, 0.3) is 10.2 Å². The maximum Gasteiger partial charge on any atom is 0.260 e. The van der Waals surface area contributed by atoms with Gasteiger partial charge >= 0.3 is 0 Å². The quantitative estimate of drug-likeness (QED) is 0.465. The molecule has 0 unspecified atom stereocenters. The number of benzene rings is 3. The minimum absolute atomic E-state index is 0.199. The van der Waals surface area contributed by atoms with Crippen molar-refractivity contribution in [1.82, 2.24) is 4.98 Å². The summed E-state index contributed by atoms with van der Waals surface area (Å²) in [5.41, 5.74) is 3.42. The molecule has 0 saturated heterocycles. The summed E-state index contributed by atoms with van der Waals surface area (Å²) in [5.74, 6) is -0.563. The van der Waals surface area contributed by atoms with Gasteiger partial charge in [-0.05, 0) is 48.4 Å². The van der Waals surface area contributed by atoms with E-state index in [2.05, 4.69) is 0 Å². The van der Waals surface area contributed by atoms with Crippen LogP contribution in [0.1, 0.15) is 21.5 Å². The number of aromatic nitrogens is 1. The second-order valence-electron chi connectivity index (χ2n) is 6.30. The van der Waals surface area contributed by atoms with Crippen LogP contribution in [-0.2, 0) is 6.54 Å². The fraction of sp³-hybridized carbons (Fsp3) is 0.0909. The highest BCUT2D eigenvalue weighted by Gasteiger charge is 2.22. The van der Waals surface area contributed by atoms with E-state index in [1.54, 1.807) is 4.90 Å². The predicted octanol–water partition coefficient (Wildman–Crippen LogP) is 5.59. The van der Waals surface area contributed by atoms with E-state index in [9.17, 15) is 9.18 Å². The number of nitrogens with zero attached hydrogens (tertiary/aromatic N) is 2. The molecule has 0 atom stereocenters. The van der Waals surface area contributed by atoms with Crippen LogP contribution in [0.15, 0.2) is 72.8 Å². The largest absolute Gasteiger partial charge is 0.279 e. The van der Waals surface area contributed by atoms with Crippen molar-refractivity contribution in [3.8, 4) is 0 Å². The van der Waals surface area contributed by atoms with E-state index in [1.165, 1.54) is 35.6 Å². The molecule has 1 heterocycles. The second-order valence-corrected chi connectivity index (χ2v) is 7.31. The fourth-order valence-electron chi connectivity index (χ4n) is 2.93. The number of anilines is 1. The van der Waals surface area contributed by atoms with Gasteiger partial charge in [-0.15, -0.1) is 0 Å². The average molecular weight is 376 g/mol. The van der Waals surface area contributed by atoms with Gasteiger partial charge in [0.1, 0.15) is 5.82 Å². The van der Waals surface area contributed by atoms with Crippen LogP contribution in [-0.4, -0.2) is 10.9 Å². The molecule has 3 nitrogen and oxygen atoms in total. The van der Waals surface area contributed by atoms with Gasteiger partial charge in [0, 0.05) is 5.56 Å². The first-order valence-electron chi connectivity index (χ1n) is 8.59. The van der Waals surface area contributed by atoms with Gasteiger partial charge in [-0.1, -0.05) is 53.8 Å². The molecule has 5 heteroatoms. The van der Waals surface area contributed by atoms with Crippen molar-refractivity contribution in [3.05, 3.63) is 95.3 Å². The van der Waals surface area contributed by atoms with Crippen molar-refractivity contribution < 1.29 is 9.18 Å². The summed E-state index contributed by atoms with van der Waals surface area (Å²) in [6.45, 7) is 2.41. The first-order valence-corrected chi connectivity index (χ1v) is 9.41. The Labute approximate surface area is 160 Å². The first kappa shape index (κ1) is 17.4. The molecule has 1 amide bonds. The number of fused-ring (bicyclic) bond motifs is 1. The van der Waals surface area contributed by atoms with E-state index in [0.717, 1.165) is 21.3 Å². The van der Waals surface area contributed by atoms with Crippen molar-refractivity contribution in [1.29, 1.82) is 0 Å². The number of carbonyl (C=O) groups excluding carboxylic acids is 1. The number of halogens is 1. The number of rotatable bonds is 4. The summed E-state index contributed by atoms with van der Waals surface area (Å²) in [4.78, 5) is 19.6. The number of para-hydroxylation sites is 1. The standard InChI is InChI=1S/C22H17FN2OS/c1-15-6-5-9-19-20(15)24-22(27-19)25(14-16-7-3-2-4-8-16)21(26)17-10-12-18(23)13-11-17/h2-13H,14H2,1H3. The topological polar surface area (TPSA) is 33.2 Å². The minimum Gasteiger partial charge on any atom is -0.279 e. The molecule has 0 radical (unpaired) electrons. The summed E-state index contributed by atoms with van der Waals surface area (Å²) >= 11 is 1.48. The maximum atomic E-state index is 13.3. The summed E-state index contributed by atoms with van der Waals surface area (Å²) in [6, 6.07) is 21.4. The highest BCUT2D eigenvalue weighted by molar-refractivity contribution is 7.22. The molecule has 0 aliphatic rings. The van der Waals surface area contributed by atoms with Crippen molar-refractivity contribution in [3.63, 3.8) is 0 Å². The molecule has 27 heavy (non-hydrogen) atoms. The molecule has 3 aromatic carbocycles. The number of hydrogen-bond donors (Lipinski definition) is 0. The van der Waals surface area contributed by atoms with Crippen molar-refractivity contribution in [2.45, 2.75) is 13.5 Å². The Morgan fingerprint density at radius 2 is 1.74 bits per heavy atom. The van der Waals surface area contributed by atoms with Crippen LogP contribution in [0, 0.1) is 12.7 Å². The Kier molecular flexibility index (Phi) is 4.69. The van der Waals surface area contributed by atoms with E-state index in [0.29, 0.717) is 17.2 Å². The zero-order valence-electron chi connectivity index (χ0n) is 14.7. The lowest BCUT2D eigenvalue weighted by atomic mass is 10.1. The fourth-order valence-corrected chi connectivity index (χ4v) is 3.97. The molecule has 4 rings (SSSR count). The zero-order valence-corrected chi connectivity index (χ0v) is 15.5. The van der Waals surface area contributed by atoms with E-state index in [-0.39, 0.29) is 11.7 Å². The third-order valence-electron chi connectivity index (χ3n) is 4.36. The summed E-state index contributed by atoms with van der Waals surface area (Å²) in [5, 5.41) is 0.637. The average Bonchev–Trinajstić information content (AvgIpc) is 3.12. The molecule has 0 N–H and O–H groups in total. The summed E-state index contributed by atoms with van der Waals surface area (Å²) < 4.78 is 14.3. The van der Waals surface area contributed by atoms with Gasteiger partial charge in [-0.3, -0.25) is 9.69 Å². The van der Waals surface area contributed by atoms with Crippen molar-refractivity contribution >= 4 is 32.6 Å².